The summed E-state index contributed by atoms with van der Waals surface area (Å²) in [5.74, 6) is -1.59. The molecule has 0 saturated carbocycles. The van der Waals surface area contributed by atoms with Crippen LogP contribution in [-0.4, -0.2) is 59.4 Å². The summed E-state index contributed by atoms with van der Waals surface area (Å²) in [5.41, 5.74) is 1.06. The zero-order chi connectivity index (χ0) is 28.0. The largest absolute Gasteiger partial charge is 0.361 e. The number of likely N-dealkylation sites (tertiary alicyclic amines) is 1. The van der Waals surface area contributed by atoms with Gasteiger partial charge in [-0.05, 0) is 89.7 Å². The van der Waals surface area contributed by atoms with Crippen LogP contribution in [0.4, 0.5) is 13.6 Å². The highest BCUT2D eigenvalue weighted by molar-refractivity contribution is 9.10. The van der Waals surface area contributed by atoms with Crippen molar-refractivity contribution < 1.29 is 23.2 Å². The van der Waals surface area contributed by atoms with Crippen molar-refractivity contribution >= 4 is 50.8 Å². The number of halogens is 3. The Kier molecular flexibility index (Phi) is 9.01. The first kappa shape index (κ1) is 28.3. The molecule has 4 N–H and O–H groups in total. The lowest BCUT2D eigenvalue weighted by atomic mass is 9.86. The molecule has 4 amide bonds. The fourth-order valence-corrected chi connectivity index (χ4v) is 5.06. The molecule has 0 unspecified atom stereocenters. The molecule has 39 heavy (non-hydrogen) atoms. The second kappa shape index (κ2) is 12.4. The molecule has 1 aliphatic heterocycles. The van der Waals surface area contributed by atoms with Crippen LogP contribution in [0.5, 0.6) is 0 Å². The maximum atomic E-state index is 13.7. The van der Waals surface area contributed by atoms with Crippen molar-refractivity contribution in [3.63, 3.8) is 0 Å². The van der Waals surface area contributed by atoms with E-state index in [1.54, 1.807) is 23.2 Å². The topological polar surface area (TPSA) is 106 Å². The van der Waals surface area contributed by atoms with E-state index in [2.05, 4.69) is 36.9 Å². The number of carbonyl (C=O) groups is 3. The summed E-state index contributed by atoms with van der Waals surface area (Å²) < 4.78 is 27.5. The molecule has 2 aromatic carbocycles. The van der Waals surface area contributed by atoms with Crippen LogP contribution in [-0.2, 0) is 16.0 Å². The molecule has 0 aliphatic carbocycles. The number of piperidine rings is 1. The number of fused-ring (bicyclic) bond motifs is 1. The molecule has 2 heterocycles. The van der Waals surface area contributed by atoms with Crippen molar-refractivity contribution in [3.8, 4) is 0 Å². The van der Waals surface area contributed by atoms with Crippen molar-refractivity contribution in [2.24, 2.45) is 0 Å². The van der Waals surface area contributed by atoms with Gasteiger partial charge in [-0.15, -0.1) is 0 Å². The van der Waals surface area contributed by atoms with Gasteiger partial charge in [-0.2, -0.15) is 0 Å². The summed E-state index contributed by atoms with van der Waals surface area (Å²) >= 11 is 3.12. The van der Waals surface area contributed by atoms with E-state index in [-0.39, 0.29) is 54.7 Å². The lowest BCUT2D eigenvalue weighted by molar-refractivity contribution is -0.133. The van der Waals surface area contributed by atoms with Gasteiger partial charge in [-0.25, -0.2) is 13.6 Å². The number of aromatic amines is 1. The molecule has 206 valence electrons. The predicted molar refractivity (Wildman–Crippen MR) is 149 cm³/mol. The second-order valence-electron chi connectivity index (χ2n) is 9.41. The van der Waals surface area contributed by atoms with Crippen LogP contribution in [0.1, 0.15) is 30.9 Å². The Morgan fingerprint density at radius 1 is 1.10 bits per heavy atom. The van der Waals surface area contributed by atoms with E-state index in [1.165, 1.54) is 36.4 Å². The first-order valence-electron chi connectivity index (χ1n) is 12.7. The number of hydrogen-bond acceptors (Lipinski definition) is 3. The highest BCUT2D eigenvalue weighted by Gasteiger charge is 2.43. The molecule has 0 atom stereocenters. The monoisotopic (exact) mass is 601 g/mol. The minimum atomic E-state index is -1.22. The number of carbonyl (C=O) groups excluding carboxylic acids is 3. The molecule has 0 spiro atoms. The van der Waals surface area contributed by atoms with E-state index in [1.807, 2.05) is 6.92 Å². The Balaban J connectivity index is 1.45. The lowest BCUT2D eigenvalue weighted by Gasteiger charge is -2.40. The van der Waals surface area contributed by atoms with Gasteiger partial charge in [0.2, 0.25) is 11.8 Å². The summed E-state index contributed by atoms with van der Waals surface area (Å²) in [6.45, 7) is 3.17. The minimum Gasteiger partial charge on any atom is -0.361 e. The quantitative estimate of drug-likeness (QED) is 0.290. The molecule has 1 fully saturated rings. The van der Waals surface area contributed by atoms with E-state index in [0.29, 0.717) is 18.5 Å². The predicted octanol–water partition coefficient (Wildman–Crippen LogP) is 4.26. The molecule has 4 rings (SSSR count). The van der Waals surface area contributed by atoms with Crippen LogP contribution < -0.4 is 16.0 Å². The van der Waals surface area contributed by atoms with Crippen LogP contribution in [0.3, 0.4) is 0 Å². The van der Waals surface area contributed by atoms with Gasteiger partial charge < -0.3 is 25.8 Å². The highest BCUT2D eigenvalue weighted by Crippen LogP contribution is 2.24. The Hall–Kier alpha value is -3.73. The number of benzene rings is 2. The molecule has 8 nitrogen and oxygen atoms in total. The Morgan fingerprint density at radius 3 is 2.59 bits per heavy atom. The number of nitrogens with zero attached hydrogens (tertiary/aromatic N) is 1. The van der Waals surface area contributed by atoms with E-state index in [9.17, 15) is 23.2 Å². The molecular formula is C28H30BrF2N5O3. The first-order valence-corrected chi connectivity index (χ1v) is 13.5. The molecule has 0 radical (unpaired) electrons. The zero-order valence-electron chi connectivity index (χ0n) is 21.5. The van der Waals surface area contributed by atoms with Gasteiger partial charge in [0.05, 0.1) is 4.47 Å². The maximum Gasteiger partial charge on any atom is 0.317 e. The molecule has 1 aromatic heterocycles. The van der Waals surface area contributed by atoms with Crippen molar-refractivity contribution in [1.29, 1.82) is 0 Å². The standard InChI is InChI=1S/C28H30BrF2N5O3/c1-2-32-27(39)36-13-10-28(11-14-36,35-25(37)8-4-18-3-6-23(31)22(29)15-18)26(38)33-12-9-19-17-34-24-7-5-20(30)16-21(19)24/h3-8,15-17,34H,2,9-14H2,1H3,(H,32,39)(H,33,38)(H,35,37)/b8-4+. The van der Waals surface area contributed by atoms with Crippen LogP contribution in [0.2, 0.25) is 0 Å². The average Bonchev–Trinajstić information content (AvgIpc) is 3.31. The number of H-pyrrole nitrogens is 1. The van der Waals surface area contributed by atoms with E-state index in [4.69, 9.17) is 0 Å². The molecular weight excluding hydrogens is 572 g/mol. The van der Waals surface area contributed by atoms with Gasteiger partial charge in [0.25, 0.3) is 0 Å². The van der Waals surface area contributed by atoms with Gasteiger partial charge >= 0.3 is 6.03 Å². The molecule has 11 heteroatoms. The fraction of sp³-hybridized carbons (Fsp3) is 0.321. The van der Waals surface area contributed by atoms with Crippen molar-refractivity contribution in [2.75, 3.05) is 26.2 Å². The fourth-order valence-electron chi connectivity index (χ4n) is 4.67. The highest BCUT2D eigenvalue weighted by atomic mass is 79.9. The third kappa shape index (κ3) is 6.83. The van der Waals surface area contributed by atoms with E-state index < -0.39 is 17.3 Å². The molecule has 1 aliphatic rings. The van der Waals surface area contributed by atoms with Gasteiger partial charge in [0.15, 0.2) is 0 Å². The van der Waals surface area contributed by atoms with Crippen molar-refractivity contribution in [2.45, 2.75) is 31.7 Å². The SMILES string of the molecule is CCNC(=O)N1CCC(NC(=O)/C=C/c2ccc(F)c(Br)c2)(C(=O)NCCc2c[nH]c3ccc(F)cc23)CC1. The Morgan fingerprint density at radius 2 is 1.87 bits per heavy atom. The number of hydrogen-bond donors (Lipinski definition) is 4. The second-order valence-corrected chi connectivity index (χ2v) is 10.3. The normalized spacial score (nSPS) is 14.9. The van der Waals surface area contributed by atoms with E-state index in [0.717, 1.165) is 16.5 Å². The van der Waals surface area contributed by atoms with E-state index >= 15 is 0 Å². The van der Waals surface area contributed by atoms with Crippen LogP contribution in [0.25, 0.3) is 17.0 Å². The number of urea groups is 1. The first-order chi connectivity index (χ1) is 18.7. The lowest BCUT2D eigenvalue weighted by Crippen LogP contribution is -2.64. The summed E-state index contributed by atoms with van der Waals surface area (Å²) in [4.78, 5) is 43.4. The van der Waals surface area contributed by atoms with Crippen LogP contribution >= 0.6 is 15.9 Å². The van der Waals surface area contributed by atoms with Gasteiger partial charge in [-0.1, -0.05) is 6.07 Å². The number of nitrogens with one attached hydrogen (secondary N) is 4. The van der Waals surface area contributed by atoms with Gasteiger partial charge in [0, 0.05) is 49.4 Å². The van der Waals surface area contributed by atoms with Crippen LogP contribution in [0, 0.1) is 11.6 Å². The Labute approximate surface area is 233 Å². The molecule has 0 bridgehead atoms. The van der Waals surface area contributed by atoms with Gasteiger partial charge in [0.1, 0.15) is 17.2 Å². The van der Waals surface area contributed by atoms with Crippen LogP contribution in [0.15, 0.2) is 53.1 Å². The summed E-state index contributed by atoms with van der Waals surface area (Å²) in [6.07, 6.45) is 5.54. The number of rotatable bonds is 8. The molecule has 3 aromatic rings. The van der Waals surface area contributed by atoms with Crippen molar-refractivity contribution in [1.82, 2.24) is 25.8 Å². The van der Waals surface area contributed by atoms with Crippen molar-refractivity contribution in [3.05, 3.63) is 75.9 Å². The summed E-state index contributed by atoms with van der Waals surface area (Å²) in [6, 6.07) is 8.65. The zero-order valence-corrected chi connectivity index (χ0v) is 23.0. The summed E-state index contributed by atoms with van der Waals surface area (Å²) in [5, 5.41) is 9.29. The third-order valence-corrected chi connectivity index (χ3v) is 7.42. The molecule has 1 saturated heterocycles. The number of amides is 4. The summed E-state index contributed by atoms with van der Waals surface area (Å²) in [7, 11) is 0. The van der Waals surface area contributed by atoms with Gasteiger partial charge in [-0.3, -0.25) is 9.59 Å². The Bertz CT molecular complexity index is 1400. The smallest absolute Gasteiger partial charge is 0.317 e. The maximum absolute atomic E-state index is 13.7. The minimum absolute atomic E-state index is 0.216. The third-order valence-electron chi connectivity index (χ3n) is 6.81. The number of aromatic nitrogens is 1. The average molecular weight is 602 g/mol.